The number of anilines is 1. The number of nitrogens with zero attached hydrogens (tertiary/aromatic N) is 1. The smallest absolute Gasteiger partial charge is 0.328 e. The lowest BCUT2D eigenvalue weighted by atomic mass is 10.1. The first-order chi connectivity index (χ1) is 10.0. The van der Waals surface area contributed by atoms with Crippen LogP contribution in [-0.4, -0.2) is 22.0 Å². The normalized spacial score (nSPS) is 10.5. The molecule has 1 aromatic carbocycles. The van der Waals surface area contributed by atoms with Gasteiger partial charge in [-0.2, -0.15) is 4.39 Å². The third-order valence-corrected chi connectivity index (χ3v) is 2.55. The number of aliphatic carboxylic acids is 1. The molecule has 0 aliphatic carbocycles. The van der Waals surface area contributed by atoms with Crippen LogP contribution in [0.3, 0.4) is 0 Å². The number of carbonyl (C=O) groups is 2. The lowest BCUT2D eigenvalue weighted by Crippen LogP contribution is -2.12. The van der Waals surface area contributed by atoms with Gasteiger partial charge in [0.1, 0.15) is 0 Å². The topological polar surface area (TPSA) is 79.3 Å². The van der Waals surface area contributed by atoms with E-state index in [2.05, 4.69) is 10.3 Å². The summed E-state index contributed by atoms with van der Waals surface area (Å²) in [5, 5.41) is 11.2. The summed E-state index contributed by atoms with van der Waals surface area (Å²) in [6.07, 6.45) is 3.61. The van der Waals surface area contributed by atoms with Gasteiger partial charge in [0.05, 0.1) is 0 Å². The molecule has 2 N–H and O–H groups in total. The molecule has 1 heterocycles. The van der Waals surface area contributed by atoms with E-state index in [1.165, 1.54) is 18.3 Å². The minimum absolute atomic E-state index is 0.147. The van der Waals surface area contributed by atoms with Crippen molar-refractivity contribution in [3.8, 4) is 0 Å². The highest BCUT2D eigenvalue weighted by atomic mass is 19.1. The molecule has 0 saturated heterocycles. The number of hydrogen-bond acceptors (Lipinski definition) is 3. The maximum atomic E-state index is 13.0. The summed E-state index contributed by atoms with van der Waals surface area (Å²) < 4.78 is 13.0. The van der Waals surface area contributed by atoms with Gasteiger partial charge in [0.2, 0.25) is 5.95 Å². The van der Waals surface area contributed by atoms with Crippen LogP contribution in [0.5, 0.6) is 0 Å². The summed E-state index contributed by atoms with van der Waals surface area (Å²) in [6, 6.07) is 9.05. The zero-order valence-corrected chi connectivity index (χ0v) is 10.8. The molecule has 1 aromatic heterocycles. The number of aromatic nitrogens is 1. The predicted molar refractivity (Wildman–Crippen MR) is 75.3 cm³/mol. The molecule has 0 atom stereocenters. The first-order valence-electron chi connectivity index (χ1n) is 5.98. The Balaban J connectivity index is 2.14. The quantitative estimate of drug-likeness (QED) is 0.668. The molecule has 0 saturated carbocycles. The predicted octanol–water partition coefficient (Wildman–Crippen LogP) is 2.57. The zero-order chi connectivity index (χ0) is 15.2. The summed E-state index contributed by atoms with van der Waals surface area (Å²) in [5.41, 5.74) is 1.25. The van der Waals surface area contributed by atoms with Crippen molar-refractivity contribution in [2.45, 2.75) is 0 Å². The minimum atomic E-state index is -1.06. The molecule has 0 aliphatic rings. The SMILES string of the molecule is O=C(O)/C=C/c1cccc(NC(=O)c2ccnc(F)c2)c1. The number of halogens is 1. The van der Waals surface area contributed by atoms with Crippen molar-refractivity contribution < 1.29 is 19.1 Å². The lowest BCUT2D eigenvalue weighted by Gasteiger charge is -2.06. The monoisotopic (exact) mass is 286 g/mol. The van der Waals surface area contributed by atoms with Gasteiger partial charge in [-0.15, -0.1) is 0 Å². The van der Waals surface area contributed by atoms with Gasteiger partial charge in [0.25, 0.3) is 5.91 Å². The second-order valence-corrected chi connectivity index (χ2v) is 4.12. The molecule has 2 rings (SSSR count). The van der Waals surface area contributed by atoms with E-state index in [-0.39, 0.29) is 5.56 Å². The van der Waals surface area contributed by atoms with Gasteiger partial charge < -0.3 is 10.4 Å². The molecule has 0 fully saturated rings. The van der Waals surface area contributed by atoms with Crippen LogP contribution in [0.1, 0.15) is 15.9 Å². The summed E-state index contributed by atoms with van der Waals surface area (Å²) >= 11 is 0. The molecular formula is C15H11FN2O3. The fourth-order valence-corrected chi connectivity index (χ4v) is 1.63. The standard InChI is InChI=1S/C15H11FN2O3/c16-13-9-11(6-7-17-13)15(21)18-12-3-1-2-10(8-12)4-5-14(19)20/h1-9H,(H,18,21)(H,19,20)/b5-4+. The van der Waals surface area contributed by atoms with E-state index in [1.54, 1.807) is 24.3 Å². The van der Waals surface area contributed by atoms with E-state index in [9.17, 15) is 14.0 Å². The molecule has 0 aliphatic heterocycles. The fourth-order valence-electron chi connectivity index (χ4n) is 1.63. The average Bonchev–Trinajstić information content (AvgIpc) is 2.45. The van der Waals surface area contributed by atoms with Gasteiger partial charge in [-0.25, -0.2) is 9.78 Å². The van der Waals surface area contributed by atoms with Crippen molar-refractivity contribution >= 4 is 23.6 Å². The Kier molecular flexibility index (Phi) is 4.40. The summed E-state index contributed by atoms with van der Waals surface area (Å²) in [7, 11) is 0. The highest BCUT2D eigenvalue weighted by Crippen LogP contribution is 2.13. The lowest BCUT2D eigenvalue weighted by molar-refractivity contribution is -0.131. The number of pyridine rings is 1. The van der Waals surface area contributed by atoms with Crippen molar-refractivity contribution in [1.82, 2.24) is 4.98 Å². The van der Waals surface area contributed by atoms with Gasteiger partial charge in [-0.05, 0) is 29.8 Å². The number of hydrogen-bond donors (Lipinski definition) is 2. The van der Waals surface area contributed by atoms with E-state index in [1.807, 2.05) is 0 Å². The maximum Gasteiger partial charge on any atom is 0.328 e. The van der Waals surface area contributed by atoms with Crippen LogP contribution in [0.15, 0.2) is 48.7 Å². The second-order valence-electron chi connectivity index (χ2n) is 4.12. The van der Waals surface area contributed by atoms with Gasteiger partial charge in [0, 0.05) is 29.6 Å². The first-order valence-corrected chi connectivity index (χ1v) is 5.98. The largest absolute Gasteiger partial charge is 0.478 e. The third kappa shape index (κ3) is 4.24. The average molecular weight is 286 g/mol. The highest BCUT2D eigenvalue weighted by molar-refractivity contribution is 6.04. The molecular weight excluding hydrogens is 275 g/mol. The molecule has 1 amide bonds. The molecule has 2 aromatic rings. The van der Waals surface area contributed by atoms with Gasteiger partial charge in [-0.3, -0.25) is 4.79 Å². The van der Waals surface area contributed by atoms with Crippen molar-refractivity contribution in [3.05, 3.63) is 65.7 Å². The third-order valence-electron chi connectivity index (χ3n) is 2.55. The van der Waals surface area contributed by atoms with E-state index >= 15 is 0 Å². The molecule has 0 spiro atoms. The Morgan fingerprint density at radius 2 is 2.05 bits per heavy atom. The number of rotatable bonds is 4. The molecule has 106 valence electrons. The maximum absolute atomic E-state index is 13.0. The Morgan fingerprint density at radius 3 is 2.76 bits per heavy atom. The number of amides is 1. The summed E-state index contributed by atoms with van der Waals surface area (Å²) in [5.74, 6) is -2.27. The van der Waals surface area contributed by atoms with Gasteiger partial charge in [0.15, 0.2) is 0 Å². The Hall–Kier alpha value is -3.02. The minimum Gasteiger partial charge on any atom is -0.478 e. The summed E-state index contributed by atoms with van der Waals surface area (Å²) in [4.78, 5) is 25.8. The molecule has 0 radical (unpaired) electrons. The van der Waals surface area contributed by atoms with Crippen LogP contribution in [-0.2, 0) is 4.79 Å². The van der Waals surface area contributed by atoms with Crippen molar-refractivity contribution in [3.63, 3.8) is 0 Å². The Bertz CT molecular complexity index is 714. The highest BCUT2D eigenvalue weighted by Gasteiger charge is 2.07. The van der Waals surface area contributed by atoms with Crippen LogP contribution in [0.2, 0.25) is 0 Å². The summed E-state index contributed by atoms with van der Waals surface area (Å²) in [6.45, 7) is 0. The molecule has 0 unspecified atom stereocenters. The van der Waals surface area contributed by atoms with Crippen LogP contribution in [0.25, 0.3) is 6.08 Å². The van der Waals surface area contributed by atoms with Crippen LogP contribution < -0.4 is 5.32 Å². The van der Waals surface area contributed by atoms with E-state index in [0.29, 0.717) is 11.3 Å². The molecule has 21 heavy (non-hydrogen) atoms. The van der Waals surface area contributed by atoms with Crippen LogP contribution in [0.4, 0.5) is 10.1 Å². The molecule has 6 heteroatoms. The number of carbonyl (C=O) groups excluding carboxylic acids is 1. The first kappa shape index (κ1) is 14.4. The van der Waals surface area contributed by atoms with Crippen LogP contribution in [0, 0.1) is 5.95 Å². The number of carboxylic acid groups (broad SMARTS) is 1. The fraction of sp³-hybridized carbons (Fsp3) is 0. The van der Waals surface area contributed by atoms with Crippen molar-refractivity contribution in [2.24, 2.45) is 0 Å². The second kappa shape index (κ2) is 6.42. The van der Waals surface area contributed by atoms with Gasteiger partial charge in [-0.1, -0.05) is 12.1 Å². The van der Waals surface area contributed by atoms with Gasteiger partial charge >= 0.3 is 5.97 Å². The zero-order valence-electron chi connectivity index (χ0n) is 10.8. The Labute approximate surface area is 119 Å². The van der Waals surface area contributed by atoms with Crippen LogP contribution >= 0.6 is 0 Å². The van der Waals surface area contributed by atoms with E-state index in [0.717, 1.165) is 12.1 Å². The number of carboxylic acids is 1. The van der Waals surface area contributed by atoms with Crippen molar-refractivity contribution in [1.29, 1.82) is 0 Å². The van der Waals surface area contributed by atoms with E-state index < -0.39 is 17.8 Å². The number of nitrogens with one attached hydrogen (secondary N) is 1. The Morgan fingerprint density at radius 1 is 1.24 bits per heavy atom. The number of benzene rings is 1. The van der Waals surface area contributed by atoms with Crippen molar-refractivity contribution in [2.75, 3.05) is 5.32 Å². The van der Waals surface area contributed by atoms with E-state index in [4.69, 9.17) is 5.11 Å². The molecule has 0 bridgehead atoms. The molecule has 5 nitrogen and oxygen atoms in total.